The second-order valence-corrected chi connectivity index (χ2v) is 4.44. The molecule has 22 heavy (non-hydrogen) atoms. The minimum absolute atomic E-state index is 0. The molecule has 1 unspecified atom stereocenters. The first-order valence-corrected chi connectivity index (χ1v) is 6.80. The summed E-state index contributed by atoms with van der Waals surface area (Å²) in [6, 6.07) is 17.0. The lowest BCUT2D eigenvalue weighted by Crippen LogP contribution is -2.34. The average Bonchev–Trinajstić information content (AvgIpc) is 2.54. The number of rotatable bonds is 5. The maximum absolute atomic E-state index is 12.2. The summed E-state index contributed by atoms with van der Waals surface area (Å²) in [5.74, 6) is -0.773. The Kier molecular flexibility index (Phi) is 7.13. The minimum Gasteiger partial charge on any atom is -0.464 e. The van der Waals surface area contributed by atoms with E-state index in [2.05, 4.69) is 5.32 Å². The highest BCUT2D eigenvalue weighted by atomic mass is 35.5. The molecule has 0 aliphatic carbocycles. The number of hydrogen-bond acceptors (Lipinski definition) is 3. The molecule has 0 aliphatic heterocycles. The van der Waals surface area contributed by atoms with E-state index in [1.807, 2.05) is 24.3 Å². The molecule has 0 fully saturated rings. The molecule has 0 saturated heterocycles. The number of ether oxygens (including phenoxy) is 1. The van der Waals surface area contributed by atoms with E-state index >= 15 is 0 Å². The Morgan fingerprint density at radius 3 is 2.09 bits per heavy atom. The van der Waals surface area contributed by atoms with Crippen LogP contribution in [0, 0.1) is 0 Å². The lowest BCUT2D eigenvalue weighted by atomic mass is 10.1. The van der Waals surface area contributed by atoms with E-state index in [-0.39, 0.29) is 24.9 Å². The van der Waals surface area contributed by atoms with Crippen molar-refractivity contribution in [1.82, 2.24) is 5.32 Å². The molecule has 0 bridgehead atoms. The number of esters is 1. The normalized spacial score (nSPS) is 11.0. The van der Waals surface area contributed by atoms with Gasteiger partial charge in [-0.2, -0.15) is 0 Å². The Balaban J connectivity index is 0.00000242. The Hall–Kier alpha value is -2.33. The van der Waals surface area contributed by atoms with Crippen molar-refractivity contribution >= 4 is 24.3 Å². The van der Waals surface area contributed by atoms with Crippen LogP contribution in [0.4, 0.5) is 0 Å². The number of benzene rings is 2. The number of nitrogens with one attached hydrogen (secondary N) is 1. The van der Waals surface area contributed by atoms with Gasteiger partial charge in [-0.3, -0.25) is 4.79 Å². The summed E-state index contributed by atoms with van der Waals surface area (Å²) in [4.78, 5) is 24.3. The van der Waals surface area contributed by atoms with Gasteiger partial charge in [-0.25, -0.2) is 4.79 Å². The van der Waals surface area contributed by atoms with Crippen LogP contribution in [0.25, 0.3) is 0 Å². The molecule has 2 rings (SSSR count). The summed E-state index contributed by atoms with van der Waals surface area (Å²) in [5.41, 5.74) is 1.20. The predicted molar refractivity (Wildman–Crippen MR) is 87.0 cm³/mol. The van der Waals surface area contributed by atoms with E-state index < -0.39 is 12.0 Å². The largest absolute Gasteiger partial charge is 0.464 e. The van der Waals surface area contributed by atoms with E-state index in [1.165, 1.54) is 0 Å². The summed E-state index contributed by atoms with van der Waals surface area (Å²) in [6.45, 7) is 2.00. The third-order valence-electron chi connectivity index (χ3n) is 2.97. The maximum atomic E-state index is 12.2. The molecule has 1 atom stereocenters. The van der Waals surface area contributed by atoms with Crippen molar-refractivity contribution in [3.8, 4) is 0 Å². The summed E-state index contributed by atoms with van der Waals surface area (Å²) in [6.07, 6.45) is 0. The zero-order valence-electron chi connectivity index (χ0n) is 12.2. The fourth-order valence-corrected chi connectivity index (χ4v) is 1.95. The zero-order chi connectivity index (χ0) is 15.1. The highest BCUT2D eigenvalue weighted by Crippen LogP contribution is 2.15. The third kappa shape index (κ3) is 4.60. The lowest BCUT2D eigenvalue weighted by Gasteiger charge is -2.17. The maximum Gasteiger partial charge on any atom is 0.333 e. The van der Waals surface area contributed by atoms with Crippen LogP contribution < -0.4 is 5.32 Å². The van der Waals surface area contributed by atoms with Gasteiger partial charge >= 0.3 is 5.97 Å². The van der Waals surface area contributed by atoms with Crippen LogP contribution in [0.2, 0.25) is 0 Å². The lowest BCUT2D eigenvalue weighted by molar-refractivity contribution is -0.145. The molecule has 116 valence electrons. The first-order valence-electron chi connectivity index (χ1n) is 6.80. The smallest absolute Gasteiger partial charge is 0.333 e. The van der Waals surface area contributed by atoms with Gasteiger partial charge in [0.15, 0.2) is 6.04 Å². The monoisotopic (exact) mass is 319 g/mol. The molecule has 1 N–H and O–H groups in total. The minimum atomic E-state index is -0.807. The quantitative estimate of drug-likeness (QED) is 0.861. The van der Waals surface area contributed by atoms with E-state index in [4.69, 9.17) is 4.74 Å². The van der Waals surface area contributed by atoms with Crippen LogP contribution >= 0.6 is 12.4 Å². The number of hydrogen-bond donors (Lipinski definition) is 1. The predicted octanol–water partition coefficient (Wildman–Crippen LogP) is 3.14. The van der Waals surface area contributed by atoms with Crippen LogP contribution in [0.1, 0.15) is 28.9 Å². The van der Waals surface area contributed by atoms with E-state index in [0.717, 1.165) is 0 Å². The first kappa shape index (κ1) is 17.7. The summed E-state index contributed by atoms with van der Waals surface area (Å²) in [5, 5.41) is 2.72. The topological polar surface area (TPSA) is 55.4 Å². The van der Waals surface area contributed by atoms with Gasteiger partial charge < -0.3 is 10.1 Å². The van der Waals surface area contributed by atoms with Crippen LogP contribution in [0.3, 0.4) is 0 Å². The second kappa shape index (κ2) is 8.85. The van der Waals surface area contributed by atoms with E-state index in [9.17, 15) is 9.59 Å². The van der Waals surface area contributed by atoms with E-state index in [1.54, 1.807) is 43.3 Å². The van der Waals surface area contributed by atoms with Gasteiger partial charge in [0.05, 0.1) is 6.61 Å². The van der Waals surface area contributed by atoms with Crippen molar-refractivity contribution in [2.75, 3.05) is 6.61 Å². The second-order valence-electron chi connectivity index (χ2n) is 4.44. The van der Waals surface area contributed by atoms with Crippen LogP contribution in [-0.4, -0.2) is 18.5 Å². The Bertz CT molecular complexity index is 602. The van der Waals surface area contributed by atoms with Gasteiger partial charge in [-0.05, 0) is 24.6 Å². The molecule has 0 saturated carbocycles. The Labute approximate surface area is 135 Å². The van der Waals surface area contributed by atoms with Gasteiger partial charge in [-0.1, -0.05) is 48.5 Å². The van der Waals surface area contributed by atoms with Gasteiger partial charge in [-0.15, -0.1) is 12.4 Å². The summed E-state index contributed by atoms with van der Waals surface area (Å²) in [7, 11) is 0. The van der Waals surface area contributed by atoms with Crippen molar-refractivity contribution < 1.29 is 14.3 Å². The Morgan fingerprint density at radius 2 is 1.55 bits per heavy atom. The first-order chi connectivity index (χ1) is 10.2. The molecule has 0 spiro atoms. The SMILES string of the molecule is CCOC(=O)C(NC(=O)c1ccccc1)c1ccccc1.Cl. The molecule has 0 aromatic heterocycles. The van der Waals surface area contributed by atoms with Crippen molar-refractivity contribution in [1.29, 1.82) is 0 Å². The van der Waals surface area contributed by atoms with Crippen molar-refractivity contribution in [3.05, 3.63) is 71.8 Å². The van der Waals surface area contributed by atoms with Gasteiger partial charge in [0, 0.05) is 5.56 Å². The van der Waals surface area contributed by atoms with Crippen molar-refractivity contribution in [2.24, 2.45) is 0 Å². The average molecular weight is 320 g/mol. The molecule has 0 heterocycles. The zero-order valence-corrected chi connectivity index (χ0v) is 13.0. The highest BCUT2D eigenvalue weighted by Gasteiger charge is 2.24. The van der Waals surface area contributed by atoms with Crippen LogP contribution in [-0.2, 0) is 9.53 Å². The van der Waals surface area contributed by atoms with Crippen LogP contribution in [0.15, 0.2) is 60.7 Å². The molecular formula is C17H18ClNO3. The summed E-state index contributed by atoms with van der Waals surface area (Å²) >= 11 is 0. The fourth-order valence-electron chi connectivity index (χ4n) is 1.95. The molecule has 4 nitrogen and oxygen atoms in total. The molecular weight excluding hydrogens is 302 g/mol. The number of halogens is 1. The van der Waals surface area contributed by atoms with Gasteiger partial charge in [0.2, 0.25) is 0 Å². The molecule has 5 heteroatoms. The number of carbonyl (C=O) groups is 2. The number of carbonyl (C=O) groups excluding carboxylic acids is 2. The molecule has 0 aliphatic rings. The van der Waals surface area contributed by atoms with Crippen molar-refractivity contribution in [2.45, 2.75) is 13.0 Å². The van der Waals surface area contributed by atoms with Gasteiger partial charge in [0.1, 0.15) is 0 Å². The van der Waals surface area contributed by atoms with E-state index in [0.29, 0.717) is 11.1 Å². The molecule has 1 amide bonds. The Morgan fingerprint density at radius 1 is 1.00 bits per heavy atom. The summed E-state index contributed by atoms with van der Waals surface area (Å²) < 4.78 is 5.04. The van der Waals surface area contributed by atoms with Crippen LogP contribution in [0.5, 0.6) is 0 Å². The standard InChI is InChI=1S/C17H17NO3.ClH/c1-2-21-17(20)15(13-9-5-3-6-10-13)18-16(19)14-11-7-4-8-12-14;/h3-12,15H,2H2,1H3,(H,18,19);1H. The fraction of sp³-hybridized carbons (Fsp3) is 0.176. The van der Waals surface area contributed by atoms with Crippen molar-refractivity contribution in [3.63, 3.8) is 0 Å². The third-order valence-corrected chi connectivity index (χ3v) is 2.97. The highest BCUT2D eigenvalue weighted by molar-refractivity contribution is 5.97. The van der Waals surface area contributed by atoms with Gasteiger partial charge in [0.25, 0.3) is 5.91 Å². The number of amides is 1. The molecule has 2 aromatic rings. The molecule has 2 aromatic carbocycles. The molecule has 0 radical (unpaired) electrons.